The van der Waals surface area contributed by atoms with Gasteiger partial charge in [0, 0.05) is 16.1 Å². The molecule has 0 unspecified atom stereocenters. The summed E-state index contributed by atoms with van der Waals surface area (Å²) in [6.07, 6.45) is 0. The lowest BCUT2D eigenvalue weighted by Gasteiger charge is -2.16. The molecule has 0 bridgehead atoms. The van der Waals surface area contributed by atoms with Gasteiger partial charge in [-0.15, -0.1) is 0 Å². The Morgan fingerprint density at radius 2 is 1.71 bits per heavy atom. The molecule has 0 heterocycles. The minimum Gasteiger partial charge on any atom is -0.454 e. The average molecular weight is 360 g/mol. The van der Waals surface area contributed by atoms with E-state index >= 15 is 0 Å². The van der Waals surface area contributed by atoms with E-state index in [2.05, 4.69) is 15.9 Å². The van der Waals surface area contributed by atoms with Gasteiger partial charge in [-0.25, -0.2) is 8.78 Å². The molecule has 2 aromatic rings. The van der Waals surface area contributed by atoms with E-state index in [1.54, 1.807) is 13.8 Å². The predicted octanol–water partition coefficient (Wildman–Crippen LogP) is 4.99. The van der Waals surface area contributed by atoms with E-state index in [0.717, 1.165) is 6.07 Å². The molecule has 0 aliphatic heterocycles. The standard InChI is InChI=1S/C15H13BrF3NO/c1-7-3-13(10(8(2)20)6-11(7)17)21-14-5-9(16)4-12(18)15(14)19/h3-6,8H,20H2,1-2H3/t8-/m1/s1. The Kier molecular flexibility index (Phi) is 4.58. The van der Waals surface area contributed by atoms with Gasteiger partial charge < -0.3 is 10.5 Å². The van der Waals surface area contributed by atoms with Gasteiger partial charge in [-0.3, -0.25) is 0 Å². The quantitative estimate of drug-likeness (QED) is 0.783. The maximum Gasteiger partial charge on any atom is 0.201 e. The molecule has 0 spiro atoms. The first-order valence-corrected chi connectivity index (χ1v) is 6.97. The van der Waals surface area contributed by atoms with Crippen molar-refractivity contribution in [3.05, 3.63) is 57.3 Å². The maximum absolute atomic E-state index is 13.8. The lowest BCUT2D eigenvalue weighted by atomic mass is 10.0. The SMILES string of the molecule is Cc1cc(Oc2cc(Br)cc(F)c2F)c([C@@H](C)N)cc1F. The fourth-order valence-electron chi connectivity index (χ4n) is 1.84. The van der Waals surface area contributed by atoms with E-state index in [9.17, 15) is 13.2 Å². The highest BCUT2D eigenvalue weighted by atomic mass is 79.9. The first-order chi connectivity index (χ1) is 9.79. The summed E-state index contributed by atoms with van der Waals surface area (Å²) in [6, 6.07) is 4.41. The number of nitrogens with two attached hydrogens (primary N) is 1. The van der Waals surface area contributed by atoms with Gasteiger partial charge in [0.1, 0.15) is 11.6 Å². The van der Waals surface area contributed by atoms with Gasteiger partial charge in [0.05, 0.1) is 0 Å². The monoisotopic (exact) mass is 359 g/mol. The van der Waals surface area contributed by atoms with Crippen molar-refractivity contribution in [2.75, 3.05) is 0 Å². The molecule has 0 radical (unpaired) electrons. The zero-order chi connectivity index (χ0) is 15.7. The van der Waals surface area contributed by atoms with Crippen LogP contribution in [0, 0.1) is 24.4 Å². The van der Waals surface area contributed by atoms with E-state index in [4.69, 9.17) is 10.5 Å². The molecular weight excluding hydrogens is 347 g/mol. The molecule has 1 atom stereocenters. The van der Waals surface area contributed by atoms with Crippen LogP contribution in [0.3, 0.4) is 0 Å². The number of halogens is 4. The third-order valence-corrected chi connectivity index (χ3v) is 3.42. The third kappa shape index (κ3) is 3.39. The van der Waals surface area contributed by atoms with Crippen LogP contribution in [0.5, 0.6) is 11.5 Å². The highest BCUT2D eigenvalue weighted by Gasteiger charge is 2.17. The zero-order valence-electron chi connectivity index (χ0n) is 11.4. The molecule has 0 aliphatic carbocycles. The van der Waals surface area contributed by atoms with Crippen molar-refractivity contribution in [3.63, 3.8) is 0 Å². The summed E-state index contributed by atoms with van der Waals surface area (Å²) in [4.78, 5) is 0. The molecule has 0 saturated heterocycles. The molecule has 0 aliphatic rings. The average Bonchev–Trinajstić information content (AvgIpc) is 2.39. The molecule has 112 valence electrons. The zero-order valence-corrected chi connectivity index (χ0v) is 13.0. The van der Waals surface area contributed by atoms with Gasteiger partial charge in [-0.2, -0.15) is 4.39 Å². The van der Waals surface area contributed by atoms with E-state index in [0.29, 0.717) is 15.6 Å². The van der Waals surface area contributed by atoms with E-state index in [1.807, 2.05) is 0 Å². The van der Waals surface area contributed by atoms with Crippen LogP contribution in [0.4, 0.5) is 13.2 Å². The summed E-state index contributed by atoms with van der Waals surface area (Å²) in [7, 11) is 0. The van der Waals surface area contributed by atoms with E-state index in [-0.39, 0.29) is 11.5 Å². The van der Waals surface area contributed by atoms with Gasteiger partial charge in [0.15, 0.2) is 11.6 Å². The van der Waals surface area contributed by atoms with Crippen LogP contribution in [0.2, 0.25) is 0 Å². The van der Waals surface area contributed by atoms with Crippen LogP contribution in [0.15, 0.2) is 28.7 Å². The van der Waals surface area contributed by atoms with Crippen molar-refractivity contribution in [2.45, 2.75) is 19.9 Å². The van der Waals surface area contributed by atoms with Crippen molar-refractivity contribution in [1.82, 2.24) is 0 Å². The summed E-state index contributed by atoms with van der Waals surface area (Å²) >= 11 is 3.06. The van der Waals surface area contributed by atoms with Gasteiger partial charge >= 0.3 is 0 Å². The Bertz CT molecular complexity index is 689. The Balaban J connectivity index is 2.51. The number of ether oxygens (including phenoxy) is 1. The third-order valence-electron chi connectivity index (χ3n) is 2.96. The van der Waals surface area contributed by atoms with Gasteiger partial charge in [-0.1, -0.05) is 15.9 Å². The van der Waals surface area contributed by atoms with Crippen LogP contribution >= 0.6 is 15.9 Å². The Hall–Kier alpha value is -1.53. The second-order valence-corrected chi connectivity index (χ2v) is 5.65. The Morgan fingerprint density at radius 3 is 2.33 bits per heavy atom. The minimum absolute atomic E-state index is 0.195. The van der Waals surface area contributed by atoms with E-state index < -0.39 is 23.5 Å². The summed E-state index contributed by atoms with van der Waals surface area (Å²) in [5.74, 6) is -2.69. The molecule has 2 nitrogen and oxygen atoms in total. The number of hydrogen-bond acceptors (Lipinski definition) is 2. The number of hydrogen-bond donors (Lipinski definition) is 1. The molecule has 2 rings (SSSR count). The van der Waals surface area contributed by atoms with Crippen LogP contribution < -0.4 is 10.5 Å². The lowest BCUT2D eigenvalue weighted by Crippen LogP contribution is -2.08. The largest absolute Gasteiger partial charge is 0.454 e. The first-order valence-electron chi connectivity index (χ1n) is 6.17. The number of benzene rings is 2. The van der Waals surface area contributed by atoms with Crippen molar-refractivity contribution >= 4 is 15.9 Å². The topological polar surface area (TPSA) is 35.2 Å². The molecule has 0 saturated carbocycles. The highest BCUT2D eigenvalue weighted by Crippen LogP contribution is 2.34. The minimum atomic E-state index is -1.11. The normalized spacial score (nSPS) is 12.3. The fourth-order valence-corrected chi connectivity index (χ4v) is 2.25. The predicted molar refractivity (Wildman–Crippen MR) is 77.9 cm³/mol. The molecule has 2 aromatic carbocycles. The van der Waals surface area contributed by atoms with Crippen LogP contribution in [0.1, 0.15) is 24.1 Å². The number of rotatable bonds is 3. The van der Waals surface area contributed by atoms with Crippen molar-refractivity contribution in [3.8, 4) is 11.5 Å². The van der Waals surface area contributed by atoms with Crippen LogP contribution in [0.25, 0.3) is 0 Å². The second-order valence-electron chi connectivity index (χ2n) is 4.73. The van der Waals surface area contributed by atoms with Crippen molar-refractivity contribution < 1.29 is 17.9 Å². The summed E-state index contributed by atoms with van der Waals surface area (Å²) in [5.41, 5.74) is 6.46. The second kappa shape index (κ2) is 6.07. The fraction of sp³-hybridized carbons (Fsp3) is 0.200. The smallest absolute Gasteiger partial charge is 0.201 e. The molecular formula is C15H13BrF3NO. The summed E-state index contributed by atoms with van der Waals surface area (Å²) in [6.45, 7) is 3.19. The molecule has 0 amide bonds. The Labute approximate surface area is 128 Å². The van der Waals surface area contributed by atoms with Gasteiger partial charge in [-0.05, 0) is 43.7 Å². The lowest BCUT2D eigenvalue weighted by molar-refractivity contribution is 0.409. The molecule has 21 heavy (non-hydrogen) atoms. The van der Waals surface area contributed by atoms with Crippen molar-refractivity contribution in [2.24, 2.45) is 5.73 Å². The maximum atomic E-state index is 13.8. The van der Waals surface area contributed by atoms with Crippen LogP contribution in [-0.2, 0) is 0 Å². The van der Waals surface area contributed by atoms with Gasteiger partial charge in [0.25, 0.3) is 0 Å². The number of aryl methyl sites for hydroxylation is 1. The van der Waals surface area contributed by atoms with E-state index in [1.165, 1.54) is 18.2 Å². The summed E-state index contributed by atoms with van der Waals surface area (Å²) < 4.78 is 46.5. The molecule has 6 heteroatoms. The highest BCUT2D eigenvalue weighted by molar-refractivity contribution is 9.10. The molecule has 0 aromatic heterocycles. The summed E-state index contributed by atoms with van der Waals surface area (Å²) in [5, 5.41) is 0. The molecule has 0 fully saturated rings. The molecule has 2 N–H and O–H groups in total. The van der Waals surface area contributed by atoms with Crippen LogP contribution in [-0.4, -0.2) is 0 Å². The Morgan fingerprint density at radius 1 is 1.05 bits per heavy atom. The van der Waals surface area contributed by atoms with Gasteiger partial charge in [0.2, 0.25) is 5.82 Å². The first kappa shape index (κ1) is 15.9. The van der Waals surface area contributed by atoms with Crippen molar-refractivity contribution in [1.29, 1.82) is 0 Å².